The Hall–Kier alpha value is -2.18. The molecule has 0 spiro atoms. The summed E-state index contributed by atoms with van der Waals surface area (Å²) in [5.41, 5.74) is 0.291. The molecular weight excluding hydrogens is 443 g/mol. The molecule has 2 aromatic rings. The summed E-state index contributed by atoms with van der Waals surface area (Å²) < 4.78 is 28.1. The van der Waals surface area contributed by atoms with E-state index >= 15 is 0 Å². The molecule has 7 nitrogen and oxygen atoms in total. The molecule has 2 rings (SSSR count). The minimum Gasteiger partial charge on any atom is -0.494 e. The van der Waals surface area contributed by atoms with Crippen LogP contribution in [0.15, 0.2) is 42.5 Å². The van der Waals surface area contributed by atoms with E-state index in [9.17, 15) is 19.1 Å². The molecule has 0 saturated heterocycles. The fraction of sp³-hybridized carbons (Fsp3) is 0.480. The Kier molecular flexibility index (Phi) is 11.1. The topological polar surface area (TPSA) is 102 Å². The molecule has 0 heterocycles. The van der Waals surface area contributed by atoms with Gasteiger partial charge in [0.1, 0.15) is 11.5 Å². The zero-order valence-corrected chi connectivity index (χ0v) is 20.6. The molecule has 0 fully saturated rings. The molecule has 2 N–H and O–H groups in total. The SMILES string of the molecule is CCCCCCCCOc1ccc(Cc2cc(C(=O)P(=O)(O)O)ccc2OC(C)OC)cc1. The summed E-state index contributed by atoms with van der Waals surface area (Å²) in [5, 5.41) is 0. The predicted molar refractivity (Wildman–Crippen MR) is 128 cm³/mol. The molecular formula is C25H35O7P. The van der Waals surface area contributed by atoms with Crippen molar-refractivity contribution in [3.05, 3.63) is 59.2 Å². The van der Waals surface area contributed by atoms with Gasteiger partial charge in [0.15, 0.2) is 6.29 Å². The van der Waals surface area contributed by atoms with E-state index in [0.29, 0.717) is 24.3 Å². The first-order valence-electron chi connectivity index (χ1n) is 11.4. The first-order chi connectivity index (χ1) is 15.7. The third-order valence-electron chi connectivity index (χ3n) is 5.28. The van der Waals surface area contributed by atoms with Crippen LogP contribution in [-0.4, -0.2) is 35.3 Å². The maximum atomic E-state index is 12.1. The molecule has 33 heavy (non-hydrogen) atoms. The van der Waals surface area contributed by atoms with Crippen molar-refractivity contribution in [3.63, 3.8) is 0 Å². The highest BCUT2D eigenvalue weighted by atomic mass is 31.2. The van der Waals surface area contributed by atoms with Crippen LogP contribution in [-0.2, 0) is 15.7 Å². The van der Waals surface area contributed by atoms with E-state index in [1.807, 2.05) is 24.3 Å². The lowest BCUT2D eigenvalue weighted by molar-refractivity contribution is -0.0387. The number of benzene rings is 2. The van der Waals surface area contributed by atoms with Gasteiger partial charge in [-0.1, -0.05) is 51.2 Å². The molecule has 0 amide bonds. The summed E-state index contributed by atoms with van der Waals surface area (Å²) >= 11 is 0. The molecule has 1 atom stereocenters. The van der Waals surface area contributed by atoms with Gasteiger partial charge in [-0.2, -0.15) is 0 Å². The van der Waals surface area contributed by atoms with Crippen molar-refractivity contribution in [3.8, 4) is 11.5 Å². The van der Waals surface area contributed by atoms with E-state index in [1.54, 1.807) is 6.92 Å². The predicted octanol–water partition coefficient (Wildman–Crippen LogP) is 5.71. The van der Waals surface area contributed by atoms with Crippen LogP contribution in [0.2, 0.25) is 0 Å². The minimum atomic E-state index is -4.88. The average Bonchev–Trinajstić information content (AvgIpc) is 2.79. The maximum Gasteiger partial charge on any atom is 0.396 e. The Morgan fingerprint density at radius 1 is 1.00 bits per heavy atom. The number of hydrogen-bond acceptors (Lipinski definition) is 5. The molecule has 0 aliphatic rings. The zero-order chi connectivity index (χ0) is 24.3. The van der Waals surface area contributed by atoms with Gasteiger partial charge in [0.05, 0.1) is 6.61 Å². The first-order valence-corrected chi connectivity index (χ1v) is 13.0. The summed E-state index contributed by atoms with van der Waals surface area (Å²) in [6.45, 7) is 4.62. The van der Waals surface area contributed by atoms with Crippen LogP contribution in [0.3, 0.4) is 0 Å². The molecule has 182 valence electrons. The molecule has 2 aromatic carbocycles. The monoisotopic (exact) mass is 478 g/mol. The third kappa shape index (κ3) is 9.30. The number of hydrogen-bond donors (Lipinski definition) is 2. The van der Waals surface area contributed by atoms with E-state index in [0.717, 1.165) is 17.7 Å². The molecule has 0 bridgehead atoms. The fourth-order valence-corrected chi connectivity index (χ4v) is 3.83. The van der Waals surface area contributed by atoms with Gasteiger partial charge in [0.2, 0.25) is 0 Å². The van der Waals surface area contributed by atoms with Crippen molar-refractivity contribution in [2.75, 3.05) is 13.7 Å². The van der Waals surface area contributed by atoms with E-state index in [-0.39, 0.29) is 5.56 Å². The maximum absolute atomic E-state index is 12.1. The number of ether oxygens (including phenoxy) is 3. The van der Waals surface area contributed by atoms with Crippen LogP contribution in [0.4, 0.5) is 0 Å². The van der Waals surface area contributed by atoms with Crippen LogP contribution < -0.4 is 9.47 Å². The number of carbonyl (C=O) groups excluding carboxylic acids is 1. The van der Waals surface area contributed by atoms with Crippen LogP contribution in [0.5, 0.6) is 11.5 Å². The number of unbranched alkanes of at least 4 members (excludes halogenated alkanes) is 5. The van der Waals surface area contributed by atoms with E-state index in [4.69, 9.17) is 14.2 Å². The zero-order valence-electron chi connectivity index (χ0n) is 19.7. The van der Waals surface area contributed by atoms with Crippen molar-refractivity contribution < 1.29 is 33.4 Å². The largest absolute Gasteiger partial charge is 0.494 e. The first kappa shape index (κ1) is 27.1. The molecule has 0 aliphatic carbocycles. The van der Waals surface area contributed by atoms with E-state index < -0.39 is 19.4 Å². The van der Waals surface area contributed by atoms with Crippen molar-refractivity contribution in [1.82, 2.24) is 0 Å². The van der Waals surface area contributed by atoms with Crippen molar-refractivity contribution in [2.24, 2.45) is 0 Å². The standard InChI is InChI=1S/C25H35O7P/c1-4-5-6-7-8-9-16-31-23-13-10-20(11-14-23)17-22-18-21(25(26)33(27,28)29)12-15-24(22)32-19(2)30-3/h10-15,18-19H,4-9,16-17H2,1-3H3,(H2,27,28,29). The second kappa shape index (κ2) is 13.5. The number of carbonyl (C=O) groups is 1. The normalized spacial score (nSPS) is 12.4. The van der Waals surface area contributed by atoms with Gasteiger partial charge in [-0.15, -0.1) is 0 Å². The van der Waals surface area contributed by atoms with Gasteiger partial charge in [-0.25, -0.2) is 0 Å². The van der Waals surface area contributed by atoms with Gasteiger partial charge in [0.25, 0.3) is 5.52 Å². The molecule has 8 heteroatoms. The second-order valence-corrected chi connectivity index (χ2v) is 9.52. The van der Waals surface area contributed by atoms with Crippen LogP contribution in [0.1, 0.15) is 73.9 Å². The lowest BCUT2D eigenvalue weighted by atomic mass is 10.0. The molecule has 0 aliphatic heterocycles. The van der Waals surface area contributed by atoms with Crippen molar-refractivity contribution in [1.29, 1.82) is 0 Å². The Labute approximate surface area is 196 Å². The van der Waals surface area contributed by atoms with Crippen LogP contribution >= 0.6 is 7.60 Å². The Bertz CT molecular complexity index is 921. The molecule has 1 unspecified atom stereocenters. The summed E-state index contributed by atoms with van der Waals surface area (Å²) in [5.74, 6) is 1.28. The van der Waals surface area contributed by atoms with Gasteiger partial charge in [-0.05, 0) is 54.8 Å². The quantitative estimate of drug-likeness (QED) is 0.192. The van der Waals surface area contributed by atoms with E-state index in [2.05, 4.69) is 6.92 Å². The summed E-state index contributed by atoms with van der Waals surface area (Å²) in [4.78, 5) is 30.5. The Morgan fingerprint density at radius 2 is 1.67 bits per heavy atom. The van der Waals surface area contributed by atoms with Gasteiger partial charge >= 0.3 is 7.60 Å². The third-order valence-corrected chi connectivity index (χ3v) is 6.07. The molecule has 0 radical (unpaired) electrons. The average molecular weight is 479 g/mol. The number of methoxy groups -OCH3 is 1. The summed E-state index contributed by atoms with van der Waals surface area (Å²) in [6.07, 6.45) is 7.14. The van der Waals surface area contributed by atoms with Gasteiger partial charge in [-0.3, -0.25) is 9.36 Å². The minimum absolute atomic E-state index is 0.0605. The second-order valence-electron chi connectivity index (χ2n) is 8.03. The highest BCUT2D eigenvalue weighted by Gasteiger charge is 2.28. The summed E-state index contributed by atoms with van der Waals surface area (Å²) in [6, 6.07) is 12.0. The highest BCUT2D eigenvalue weighted by molar-refractivity contribution is 7.70. The van der Waals surface area contributed by atoms with Gasteiger partial charge < -0.3 is 24.0 Å². The van der Waals surface area contributed by atoms with Crippen LogP contribution in [0.25, 0.3) is 0 Å². The smallest absolute Gasteiger partial charge is 0.396 e. The highest BCUT2D eigenvalue weighted by Crippen LogP contribution is 2.40. The summed E-state index contributed by atoms with van der Waals surface area (Å²) in [7, 11) is -3.36. The van der Waals surface area contributed by atoms with Crippen molar-refractivity contribution in [2.45, 2.75) is 65.1 Å². The van der Waals surface area contributed by atoms with Gasteiger partial charge in [0, 0.05) is 19.1 Å². The lowest BCUT2D eigenvalue weighted by Gasteiger charge is -2.17. The van der Waals surface area contributed by atoms with Crippen LogP contribution in [0, 0.1) is 0 Å². The van der Waals surface area contributed by atoms with Crippen molar-refractivity contribution >= 4 is 13.1 Å². The molecule has 0 aromatic heterocycles. The lowest BCUT2D eigenvalue weighted by Crippen LogP contribution is -2.15. The Morgan fingerprint density at radius 3 is 2.30 bits per heavy atom. The fourth-order valence-electron chi connectivity index (χ4n) is 3.36. The molecule has 0 saturated carbocycles. The Balaban J connectivity index is 2.06. The number of rotatable bonds is 15. The van der Waals surface area contributed by atoms with E-state index in [1.165, 1.54) is 57.4 Å².